The van der Waals surface area contributed by atoms with Crippen molar-refractivity contribution in [3.8, 4) is 5.75 Å². The topological polar surface area (TPSA) is 84.9 Å². The molecule has 0 aliphatic carbocycles. The Bertz CT molecular complexity index is 741. The molecule has 1 aromatic carbocycles. The van der Waals surface area contributed by atoms with E-state index in [4.69, 9.17) is 4.74 Å². The number of carbonyl (C=O) groups is 3. The molecule has 1 N–H and O–H groups in total. The summed E-state index contributed by atoms with van der Waals surface area (Å²) in [6.45, 7) is 1.06. The quantitative estimate of drug-likeness (QED) is 0.696. The molecule has 0 bridgehead atoms. The van der Waals surface area contributed by atoms with Gasteiger partial charge in [-0.2, -0.15) is 8.78 Å². The molecule has 1 heterocycles. The molecule has 1 unspecified atom stereocenters. The number of benzene rings is 1. The van der Waals surface area contributed by atoms with Crippen molar-refractivity contribution in [2.24, 2.45) is 11.8 Å². The van der Waals surface area contributed by atoms with Crippen LogP contribution in [0.15, 0.2) is 24.3 Å². The largest absolute Gasteiger partial charge is 0.467 e. The number of ether oxygens (including phenoxy) is 2. The third-order valence-electron chi connectivity index (χ3n) is 4.83. The third-order valence-corrected chi connectivity index (χ3v) is 4.83. The molecule has 7 nitrogen and oxygen atoms in total. The number of hydrogen-bond donors (Lipinski definition) is 1. The van der Waals surface area contributed by atoms with E-state index in [0.29, 0.717) is 19.4 Å². The summed E-state index contributed by atoms with van der Waals surface area (Å²) in [6, 6.07) is 4.99. The summed E-state index contributed by atoms with van der Waals surface area (Å²) in [4.78, 5) is 38.8. The Hall–Kier alpha value is -2.71. The summed E-state index contributed by atoms with van der Waals surface area (Å²) in [6.07, 6.45) is 1.13. The fourth-order valence-electron chi connectivity index (χ4n) is 3.28. The fourth-order valence-corrected chi connectivity index (χ4v) is 3.28. The monoisotopic (exact) mass is 412 g/mol. The van der Waals surface area contributed by atoms with Crippen LogP contribution in [0.2, 0.25) is 0 Å². The number of nitrogens with zero attached hydrogens (tertiary/aromatic N) is 1. The highest BCUT2D eigenvalue weighted by Crippen LogP contribution is 2.25. The van der Waals surface area contributed by atoms with Gasteiger partial charge in [0.05, 0.1) is 18.6 Å². The highest BCUT2D eigenvalue weighted by atomic mass is 19.3. The standard InChI is InChI=1S/C20H26F2N2O5/c1-12(2)16(19(27)28-3)23-17(25)13-7-6-10-24(11-13)18(26)14-8-4-5-9-15(14)29-20(21)22/h4-5,8-9,12-13,16,20H,6-7,10-11H2,1-3H3,(H,23,25)/t13?,16-/m0/s1. The molecule has 160 valence electrons. The van der Waals surface area contributed by atoms with Crippen LogP contribution in [0.25, 0.3) is 0 Å². The number of alkyl halides is 2. The molecule has 1 fully saturated rings. The maximum atomic E-state index is 12.9. The number of methoxy groups -OCH3 is 1. The van der Waals surface area contributed by atoms with Crippen molar-refractivity contribution < 1.29 is 32.6 Å². The van der Waals surface area contributed by atoms with E-state index in [1.807, 2.05) is 0 Å². The zero-order valence-electron chi connectivity index (χ0n) is 16.7. The van der Waals surface area contributed by atoms with Crippen molar-refractivity contribution in [3.05, 3.63) is 29.8 Å². The van der Waals surface area contributed by atoms with E-state index in [0.717, 1.165) is 0 Å². The van der Waals surface area contributed by atoms with Gasteiger partial charge >= 0.3 is 12.6 Å². The predicted molar refractivity (Wildman–Crippen MR) is 100 cm³/mol. The zero-order chi connectivity index (χ0) is 21.6. The second-order valence-corrected chi connectivity index (χ2v) is 7.22. The molecule has 0 saturated carbocycles. The number of halogens is 2. The third kappa shape index (κ3) is 5.88. The highest BCUT2D eigenvalue weighted by molar-refractivity contribution is 5.97. The van der Waals surface area contributed by atoms with Gasteiger partial charge in [0.15, 0.2) is 0 Å². The Morgan fingerprint density at radius 3 is 2.52 bits per heavy atom. The highest BCUT2D eigenvalue weighted by Gasteiger charge is 2.33. The molecular weight excluding hydrogens is 386 g/mol. The average molecular weight is 412 g/mol. The van der Waals surface area contributed by atoms with Crippen LogP contribution in [0.4, 0.5) is 8.78 Å². The number of piperidine rings is 1. The van der Waals surface area contributed by atoms with Crippen molar-refractivity contribution in [1.29, 1.82) is 0 Å². The SMILES string of the molecule is COC(=O)[C@@H](NC(=O)C1CCCN(C(=O)c2ccccc2OC(F)F)C1)C(C)C. The van der Waals surface area contributed by atoms with Gasteiger partial charge in [-0.1, -0.05) is 26.0 Å². The predicted octanol–water partition coefficient (Wildman–Crippen LogP) is 2.45. The summed E-state index contributed by atoms with van der Waals surface area (Å²) in [5, 5.41) is 2.70. The summed E-state index contributed by atoms with van der Waals surface area (Å²) >= 11 is 0. The van der Waals surface area contributed by atoms with Crippen LogP contribution in [0, 0.1) is 11.8 Å². The average Bonchev–Trinajstić information content (AvgIpc) is 2.70. The first-order chi connectivity index (χ1) is 13.7. The Morgan fingerprint density at radius 1 is 1.21 bits per heavy atom. The molecule has 0 radical (unpaired) electrons. The van der Waals surface area contributed by atoms with Crippen LogP contribution in [-0.4, -0.2) is 55.5 Å². The molecule has 9 heteroatoms. The van der Waals surface area contributed by atoms with E-state index in [9.17, 15) is 23.2 Å². The first-order valence-corrected chi connectivity index (χ1v) is 9.45. The Labute approximate surface area is 168 Å². The van der Waals surface area contributed by atoms with Crippen molar-refractivity contribution >= 4 is 17.8 Å². The fraction of sp³-hybridized carbons (Fsp3) is 0.550. The molecule has 2 amide bonds. The van der Waals surface area contributed by atoms with Crippen molar-refractivity contribution in [1.82, 2.24) is 10.2 Å². The van der Waals surface area contributed by atoms with Gasteiger partial charge in [-0.15, -0.1) is 0 Å². The van der Waals surface area contributed by atoms with E-state index in [1.54, 1.807) is 19.9 Å². The number of likely N-dealkylation sites (tertiary alicyclic amines) is 1. The van der Waals surface area contributed by atoms with Crippen molar-refractivity contribution in [2.75, 3.05) is 20.2 Å². The molecular formula is C20H26F2N2O5. The van der Waals surface area contributed by atoms with Gasteiger partial charge in [-0.25, -0.2) is 4.79 Å². The van der Waals surface area contributed by atoms with Crippen LogP contribution in [0.5, 0.6) is 5.75 Å². The van der Waals surface area contributed by atoms with Gasteiger partial charge in [0, 0.05) is 13.1 Å². The molecule has 2 atom stereocenters. The number of hydrogen-bond acceptors (Lipinski definition) is 5. The number of rotatable bonds is 7. The molecule has 1 aromatic rings. The normalized spacial score (nSPS) is 17.8. The van der Waals surface area contributed by atoms with Gasteiger partial charge in [0.1, 0.15) is 11.8 Å². The molecule has 0 aromatic heterocycles. The summed E-state index contributed by atoms with van der Waals surface area (Å²) < 4.78 is 34.4. The molecule has 2 rings (SSSR count). The maximum Gasteiger partial charge on any atom is 0.387 e. The van der Waals surface area contributed by atoms with Crippen LogP contribution in [0.1, 0.15) is 37.0 Å². The minimum atomic E-state index is -3.05. The molecule has 1 aliphatic rings. The van der Waals surface area contributed by atoms with Crippen LogP contribution in [0.3, 0.4) is 0 Å². The Morgan fingerprint density at radius 2 is 1.90 bits per heavy atom. The first kappa shape index (κ1) is 22.6. The molecule has 0 spiro atoms. The zero-order valence-corrected chi connectivity index (χ0v) is 16.7. The number of nitrogens with one attached hydrogen (secondary N) is 1. The smallest absolute Gasteiger partial charge is 0.387 e. The number of amides is 2. The lowest BCUT2D eigenvalue weighted by atomic mass is 9.95. The first-order valence-electron chi connectivity index (χ1n) is 9.45. The second-order valence-electron chi connectivity index (χ2n) is 7.22. The van der Waals surface area contributed by atoms with Gasteiger partial charge in [0.2, 0.25) is 5.91 Å². The summed E-state index contributed by atoms with van der Waals surface area (Å²) in [5.41, 5.74) is 0.0171. The number of para-hydroxylation sites is 1. The van der Waals surface area contributed by atoms with Crippen molar-refractivity contribution in [3.63, 3.8) is 0 Å². The van der Waals surface area contributed by atoms with E-state index in [-0.39, 0.29) is 29.7 Å². The summed E-state index contributed by atoms with van der Waals surface area (Å²) in [5.74, 6) is -2.23. The van der Waals surface area contributed by atoms with Gasteiger partial charge in [0.25, 0.3) is 5.91 Å². The Kier molecular flexibility index (Phi) is 7.92. The van der Waals surface area contributed by atoms with Crippen molar-refractivity contribution in [2.45, 2.75) is 39.3 Å². The van der Waals surface area contributed by atoms with Gasteiger partial charge < -0.3 is 19.7 Å². The molecule has 1 aliphatic heterocycles. The molecule has 29 heavy (non-hydrogen) atoms. The summed E-state index contributed by atoms with van der Waals surface area (Å²) in [7, 11) is 1.25. The molecule has 1 saturated heterocycles. The lowest BCUT2D eigenvalue weighted by Crippen LogP contribution is -2.51. The second kappa shape index (κ2) is 10.2. The lowest BCUT2D eigenvalue weighted by Gasteiger charge is -2.33. The van der Waals surface area contributed by atoms with Gasteiger partial charge in [-0.3, -0.25) is 9.59 Å². The Balaban J connectivity index is 2.10. The van der Waals surface area contributed by atoms with E-state index in [1.165, 1.54) is 30.2 Å². The van der Waals surface area contributed by atoms with E-state index >= 15 is 0 Å². The number of carbonyl (C=O) groups excluding carboxylic acids is 3. The number of esters is 1. The van der Waals surface area contributed by atoms with E-state index in [2.05, 4.69) is 10.1 Å². The van der Waals surface area contributed by atoms with Crippen LogP contribution in [-0.2, 0) is 14.3 Å². The van der Waals surface area contributed by atoms with Crippen LogP contribution < -0.4 is 10.1 Å². The van der Waals surface area contributed by atoms with Gasteiger partial charge in [-0.05, 0) is 30.9 Å². The lowest BCUT2D eigenvalue weighted by molar-refractivity contribution is -0.147. The minimum Gasteiger partial charge on any atom is -0.467 e. The maximum absolute atomic E-state index is 12.9. The van der Waals surface area contributed by atoms with E-state index < -0.39 is 30.4 Å². The van der Waals surface area contributed by atoms with Crippen LogP contribution >= 0.6 is 0 Å². The minimum absolute atomic E-state index is 0.0171.